The van der Waals surface area contributed by atoms with Gasteiger partial charge in [0.1, 0.15) is 28.7 Å². The second-order valence-corrected chi connectivity index (χ2v) is 11.4. The molecular formula is C30H29F2N5O5S. The van der Waals surface area contributed by atoms with E-state index in [1.807, 2.05) is 12.1 Å². The zero-order chi connectivity index (χ0) is 30.2. The molecule has 0 spiro atoms. The summed E-state index contributed by atoms with van der Waals surface area (Å²) in [5, 5.41) is 3.12. The molecule has 43 heavy (non-hydrogen) atoms. The molecule has 1 aliphatic rings. The highest BCUT2D eigenvalue weighted by Gasteiger charge is 2.30. The summed E-state index contributed by atoms with van der Waals surface area (Å²) < 4.78 is 59.2. The van der Waals surface area contributed by atoms with Crippen molar-refractivity contribution in [2.75, 3.05) is 42.6 Å². The Morgan fingerprint density at radius 1 is 0.977 bits per heavy atom. The number of nitrogens with one attached hydrogen (secondary N) is 1. The summed E-state index contributed by atoms with van der Waals surface area (Å²) in [6.07, 6.45) is 3.50. The summed E-state index contributed by atoms with van der Waals surface area (Å²) in [6.45, 7) is 4.53. The first-order valence-corrected chi connectivity index (χ1v) is 15.0. The van der Waals surface area contributed by atoms with Gasteiger partial charge in [-0.05, 0) is 61.3 Å². The van der Waals surface area contributed by atoms with Gasteiger partial charge in [-0.2, -0.15) is 8.42 Å². The van der Waals surface area contributed by atoms with Gasteiger partial charge in [-0.25, -0.2) is 18.7 Å². The Morgan fingerprint density at radius 2 is 1.72 bits per heavy atom. The molecule has 0 bridgehead atoms. The minimum Gasteiger partial charge on any atom is -0.379 e. The van der Waals surface area contributed by atoms with E-state index in [9.17, 15) is 22.0 Å². The van der Waals surface area contributed by atoms with Crippen molar-refractivity contribution in [3.63, 3.8) is 0 Å². The van der Waals surface area contributed by atoms with Gasteiger partial charge in [0.05, 0.1) is 24.6 Å². The van der Waals surface area contributed by atoms with E-state index in [0.717, 1.165) is 63.4 Å². The van der Waals surface area contributed by atoms with Gasteiger partial charge in [-0.3, -0.25) is 9.69 Å². The van der Waals surface area contributed by atoms with Crippen molar-refractivity contribution in [2.45, 2.75) is 17.7 Å². The SMILES string of the molecule is O=CON(c1ccc(Nc2cc(-c3ccc(CCCN4CCOCC4)cc3)ncn2)cc1)S(=O)(=O)c1ccc(F)cc1F. The molecule has 2 heterocycles. The van der Waals surface area contributed by atoms with E-state index in [1.54, 1.807) is 6.07 Å². The molecular weight excluding hydrogens is 580 g/mol. The second-order valence-electron chi connectivity index (χ2n) is 9.72. The smallest absolute Gasteiger partial charge is 0.322 e. The summed E-state index contributed by atoms with van der Waals surface area (Å²) >= 11 is 0. The van der Waals surface area contributed by atoms with Crippen molar-refractivity contribution < 1.29 is 31.6 Å². The van der Waals surface area contributed by atoms with Crippen molar-refractivity contribution in [3.05, 3.63) is 96.3 Å². The van der Waals surface area contributed by atoms with Gasteiger partial charge in [0, 0.05) is 36.5 Å². The number of hydrogen-bond acceptors (Lipinski definition) is 9. The summed E-state index contributed by atoms with van der Waals surface area (Å²) in [4.78, 5) is 26.0. The molecule has 4 aromatic rings. The predicted octanol–water partition coefficient (Wildman–Crippen LogP) is 4.71. The van der Waals surface area contributed by atoms with Crippen LogP contribution in [-0.2, 0) is 30.8 Å². The Labute approximate surface area is 247 Å². The number of carbonyl (C=O) groups is 1. The Hall–Kier alpha value is -4.46. The fourth-order valence-corrected chi connectivity index (χ4v) is 5.91. The maximum Gasteiger partial charge on any atom is 0.322 e. The first-order valence-electron chi connectivity index (χ1n) is 13.5. The summed E-state index contributed by atoms with van der Waals surface area (Å²) in [5.74, 6) is -1.78. The highest BCUT2D eigenvalue weighted by molar-refractivity contribution is 7.92. The number of halogens is 2. The Bertz CT molecular complexity index is 1650. The molecule has 224 valence electrons. The van der Waals surface area contributed by atoms with E-state index >= 15 is 0 Å². The Morgan fingerprint density at radius 3 is 2.42 bits per heavy atom. The maximum absolute atomic E-state index is 14.2. The van der Waals surface area contributed by atoms with Gasteiger partial charge in [0.2, 0.25) is 0 Å². The Balaban J connectivity index is 1.24. The molecule has 10 nitrogen and oxygen atoms in total. The van der Waals surface area contributed by atoms with Crippen molar-refractivity contribution >= 4 is 33.7 Å². The summed E-state index contributed by atoms with van der Waals surface area (Å²) in [5.41, 5.74) is 3.35. The molecule has 0 atom stereocenters. The van der Waals surface area contributed by atoms with Crippen LogP contribution in [0.2, 0.25) is 0 Å². The first kappa shape index (κ1) is 30.0. The quantitative estimate of drug-likeness (QED) is 0.180. The number of hydrogen-bond donors (Lipinski definition) is 1. The van der Waals surface area contributed by atoms with Crippen LogP contribution < -0.4 is 9.79 Å². The average Bonchev–Trinajstić information content (AvgIpc) is 3.01. The van der Waals surface area contributed by atoms with Gasteiger partial charge in [0.15, 0.2) is 0 Å². The zero-order valence-corrected chi connectivity index (χ0v) is 23.8. The molecule has 5 rings (SSSR count). The second kappa shape index (κ2) is 13.7. The van der Waals surface area contributed by atoms with E-state index in [4.69, 9.17) is 4.74 Å². The summed E-state index contributed by atoms with van der Waals surface area (Å²) in [6, 6.07) is 17.8. The number of rotatable bonds is 12. The molecule has 1 fully saturated rings. The monoisotopic (exact) mass is 609 g/mol. The van der Waals surface area contributed by atoms with Crippen LogP contribution in [0.15, 0.2) is 84.0 Å². The van der Waals surface area contributed by atoms with Crippen LogP contribution in [0.1, 0.15) is 12.0 Å². The van der Waals surface area contributed by atoms with Gasteiger partial charge in [-0.15, -0.1) is 0 Å². The number of carbonyl (C=O) groups excluding carboxylic acids is 1. The number of morpholine rings is 1. The van der Waals surface area contributed by atoms with Gasteiger partial charge < -0.3 is 14.9 Å². The number of sulfonamides is 1. The molecule has 0 aliphatic carbocycles. The van der Waals surface area contributed by atoms with Crippen LogP contribution in [0, 0.1) is 11.6 Å². The maximum atomic E-state index is 14.2. The minimum absolute atomic E-state index is 0.0882. The third-order valence-electron chi connectivity index (χ3n) is 6.84. The lowest BCUT2D eigenvalue weighted by molar-refractivity contribution is -0.128. The van der Waals surface area contributed by atoms with Gasteiger partial charge in [-0.1, -0.05) is 28.7 Å². The zero-order valence-electron chi connectivity index (χ0n) is 23.0. The van der Waals surface area contributed by atoms with Crippen molar-refractivity contribution in [3.8, 4) is 11.3 Å². The van der Waals surface area contributed by atoms with Crippen molar-refractivity contribution in [2.24, 2.45) is 0 Å². The normalized spacial score (nSPS) is 13.8. The molecule has 0 unspecified atom stereocenters. The lowest BCUT2D eigenvalue weighted by atomic mass is 10.1. The number of ether oxygens (including phenoxy) is 1. The minimum atomic E-state index is -4.70. The molecule has 3 aromatic carbocycles. The number of benzene rings is 3. The van der Waals surface area contributed by atoms with Gasteiger partial charge >= 0.3 is 6.47 Å². The molecule has 1 aromatic heterocycles. The lowest BCUT2D eigenvalue weighted by Gasteiger charge is -2.26. The molecule has 1 aliphatic heterocycles. The summed E-state index contributed by atoms with van der Waals surface area (Å²) in [7, 11) is -4.70. The molecule has 13 heteroatoms. The standard InChI is InChI=1S/C30H29F2N5O5S/c31-24-7-12-29(27(32)18-24)43(39,40)37(42-21-38)26-10-8-25(9-11-26)35-30-19-28(33-20-34-30)23-5-3-22(4-6-23)2-1-13-36-14-16-41-17-15-36/h3-12,18-21H,1-2,13-17H2,(H,33,34,35). The van der Waals surface area contributed by atoms with E-state index in [1.165, 1.54) is 36.2 Å². The lowest BCUT2D eigenvalue weighted by Crippen LogP contribution is -2.36. The van der Waals surface area contributed by atoms with Crippen LogP contribution in [-0.4, -0.2) is 62.6 Å². The van der Waals surface area contributed by atoms with Crippen LogP contribution in [0.25, 0.3) is 11.3 Å². The largest absolute Gasteiger partial charge is 0.379 e. The molecule has 0 saturated carbocycles. The Kier molecular flexibility index (Phi) is 9.55. The van der Waals surface area contributed by atoms with Crippen molar-refractivity contribution in [1.29, 1.82) is 0 Å². The molecule has 1 N–H and O–H groups in total. The highest BCUT2D eigenvalue weighted by Crippen LogP contribution is 2.28. The van der Waals surface area contributed by atoms with Crippen LogP contribution >= 0.6 is 0 Å². The molecule has 1 saturated heterocycles. The predicted molar refractivity (Wildman–Crippen MR) is 156 cm³/mol. The first-order chi connectivity index (χ1) is 20.8. The van der Waals surface area contributed by atoms with Crippen LogP contribution in [0.4, 0.5) is 26.0 Å². The third kappa shape index (κ3) is 7.49. The van der Waals surface area contributed by atoms with Crippen LogP contribution in [0.3, 0.4) is 0 Å². The van der Waals surface area contributed by atoms with Crippen molar-refractivity contribution in [1.82, 2.24) is 14.9 Å². The third-order valence-corrected chi connectivity index (χ3v) is 8.46. The highest BCUT2D eigenvalue weighted by atomic mass is 32.2. The fourth-order valence-electron chi connectivity index (χ4n) is 4.64. The number of aromatic nitrogens is 2. The number of aryl methyl sites for hydroxylation is 1. The van der Waals surface area contributed by atoms with E-state index in [2.05, 4.69) is 37.2 Å². The molecule has 0 amide bonds. The average molecular weight is 610 g/mol. The van der Waals surface area contributed by atoms with E-state index in [0.29, 0.717) is 23.3 Å². The van der Waals surface area contributed by atoms with Gasteiger partial charge in [0.25, 0.3) is 10.0 Å². The number of nitrogens with zero attached hydrogens (tertiary/aromatic N) is 4. The fraction of sp³-hybridized carbons (Fsp3) is 0.233. The topological polar surface area (TPSA) is 114 Å². The number of anilines is 3. The van der Waals surface area contributed by atoms with Crippen LogP contribution in [0.5, 0.6) is 0 Å². The van der Waals surface area contributed by atoms with E-state index in [-0.39, 0.29) is 16.6 Å². The van der Waals surface area contributed by atoms with E-state index < -0.39 is 26.6 Å². The molecule has 0 radical (unpaired) electrons.